The zero-order valence-corrected chi connectivity index (χ0v) is 10.5. The SMILES string of the molecule is Cc1ccc(C(=O)c2ccc(C)c(C)c2)s1. The summed E-state index contributed by atoms with van der Waals surface area (Å²) >= 11 is 1.55. The van der Waals surface area contributed by atoms with Gasteiger partial charge >= 0.3 is 0 Å². The van der Waals surface area contributed by atoms with Crippen molar-refractivity contribution >= 4 is 17.1 Å². The van der Waals surface area contributed by atoms with Crippen LogP contribution in [0.1, 0.15) is 31.2 Å². The van der Waals surface area contributed by atoms with Crippen LogP contribution in [0.5, 0.6) is 0 Å². The van der Waals surface area contributed by atoms with Crippen LogP contribution in [0.3, 0.4) is 0 Å². The highest BCUT2D eigenvalue weighted by Gasteiger charge is 2.11. The summed E-state index contributed by atoms with van der Waals surface area (Å²) < 4.78 is 0. The molecule has 1 nitrogen and oxygen atoms in total. The summed E-state index contributed by atoms with van der Waals surface area (Å²) in [6, 6.07) is 9.76. The minimum Gasteiger partial charge on any atom is -0.288 e. The highest BCUT2D eigenvalue weighted by atomic mass is 32.1. The van der Waals surface area contributed by atoms with Crippen molar-refractivity contribution in [3.8, 4) is 0 Å². The summed E-state index contributed by atoms with van der Waals surface area (Å²) in [7, 11) is 0. The maximum absolute atomic E-state index is 12.1. The van der Waals surface area contributed by atoms with Crippen LogP contribution in [0.2, 0.25) is 0 Å². The van der Waals surface area contributed by atoms with Crippen LogP contribution in [0.4, 0.5) is 0 Å². The lowest BCUT2D eigenvalue weighted by Crippen LogP contribution is -1.99. The average molecular weight is 230 g/mol. The van der Waals surface area contributed by atoms with E-state index in [1.54, 1.807) is 11.3 Å². The Morgan fingerprint density at radius 3 is 2.31 bits per heavy atom. The Morgan fingerprint density at radius 1 is 1.00 bits per heavy atom. The number of thiophene rings is 1. The van der Waals surface area contributed by atoms with Gasteiger partial charge < -0.3 is 0 Å². The minimum absolute atomic E-state index is 0.126. The van der Waals surface area contributed by atoms with Gasteiger partial charge in [0.2, 0.25) is 5.78 Å². The molecule has 0 bridgehead atoms. The zero-order valence-electron chi connectivity index (χ0n) is 9.70. The van der Waals surface area contributed by atoms with Crippen LogP contribution in [0, 0.1) is 20.8 Å². The van der Waals surface area contributed by atoms with E-state index in [1.807, 2.05) is 44.2 Å². The van der Waals surface area contributed by atoms with Gasteiger partial charge in [-0.1, -0.05) is 12.1 Å². The van der Waals surface area contributed by atoms with Gasteiger partial charge in [-0.15, -0.1) is 11.3 Å². The Kier molecular flexibility index (Phi) is 2.92. The summed E-state index contributed by atoms with van der Waals surface area (Å²) in [5.74, 6) is 0.126. The second-order valence-corrected chi connectivity index (χ2v) is 5.33. The van der Waals surface area contributed by atoms with E-state index in [-0.39, 0.29) is 5.78 Å². The summed E-state index contributed by atoms with van der Waals surface area (Å²) in [5, 5.41) is 0. The van der Waals surface area contributed by atoms with Gasteiger partial charge in [0.15, 0.2) is 0 Å². The first-order chi connectivity index (χ1) is 7.58. The Balaban J connectivity index is 2.38. The van der Waals surface area contributed by atoms with Crippen LogP contribution in [-0.4, -0.2) is 5.78 Å². The third-order valence-corrected chi connectivity index (χ3v) is 3.73. The Labute approximate surface area is 99.8 Å². The molecule has 0 saturated carbocycles. The summed E-state index contributed by atoms with van der Waals surface area (Å²) in [4.78, 5) is 14.1. The standard InChI is InChI=1S/C14H14OS/c1-9-4-6-12(8-10(9)2)14(15)13-7-5-11(3)16-13/h4-8H,1-3H3. The molecule has 0 spiro atoms. The Hall–Kier alpha value is -1.41. The minimum atomic E-state index is 0.126. The lowest BCUT2D eigenvalue weighted by Gasteiger charge is -2.02. The predicted molar refractivity (Wildman–Crippen MR) is 68.4 cm³/mol. The number of hydrogen-bond donors (Lipinski definition) is 0. The van der Waals surface area contributed by atoms with Gasteiger partial charge in [0.25, 0.3) is 0 Å². The molecule has 2 heteroatoms. The van der Waals surface area contributed by atoms with Gasteiger partial charge in [-0.2, -0.15) is 0 Å². The molecule has 0 fully saturated rings. The van der Waals surface area contributed by atoms with Gasteiger partial charge in [-0.3, -0.25) is 4.79 Å². The van der Waals surface area contributed by atoms with Crippen molar-refractivity contribution in [1.29, 1.82) is 0 Å². The Bertz CT molecular complexity index is 537. The van der Waals surface area contributed by atoms with Gasteiger partial charge in [0.1, 0.15) is 0 Å². The molecule has 0 aliphatic carbocycles. The molecule has 1 heterocycles. The molecule has 1 aromatic heterocycles. The number of carbonyl (C=O) groups is 1. The highest BCUT2D eigenvalue weighted by molar-refractivity contribution is 7.14. The van der Waals surface area contributed by atoms with E-state index >= 15 is 0 Å². The van der Waals surface area contributed by atoms with Crippen molar-refractivity contribution < 1.29 is 4.79 Å². The van der Waals surface area contributed by atoms with E-state index in [9.17, 15) is 4.79 Å². The second-order valence-electron chi connectivity index (χ2n) is 4.04. The molecule has 0 amide bonds. The largest absolute Gasteiger partial charge is 0.288 e. The average Bonchev–Trinajstić information content (AvgIpc) is 2.68. The van der Waals surface area contributed by atoms with E-state index in [0.29, 0.717) is 0 Å². The molecule has 0 atom stereocenters. The normalized spacial score (nSPS) is 10.4. The van der Waals surface area contributed by atoms with Crippen LogP contribution in [0.25, 0.3) is 0 Å². The van der Waals surface area contributed by atoms with E-state index in [4.69, 9.17) is 0 Å². The van der Waals surface area contributed by atoms with Crippen molar-refractivity contribution in [2.75, 3.05) is 0 Å². The fourth-order valence-corrected chi connectivity index (χ4v) is 2.41. The quantitative estimate of drug-likeness (QED) is 0.715. The third-order valence-electron chi connectivity index (χ3n) is 2.73. The number of aryl methyl sites for hydroxylation is 3. The summed E-state index contributed by atoms with van der Waals surface area (Å²) in [6.45, 7) is 6.10. The molecule has 1 aromatic carbocycles. The maximum Gasteiger partial charge on any atom is 0.202 e. The molecule has 0 radical (unpaired) electrons. The molecule has 0 N–H and O–H groups in total. The van der Waals surface area contributed by atoms with Crippen molar-refractivity contribution in [2.45, 2.75) is 20.8 Å². The van der Waals surface area contributed by atoms with Crippen molar-refractivity contribution in [1.82, 2.24) is 0 Å². The Morgan fingerprint density at radius 2 is 1.75 bits per heavy atom. The molecule has 2 aromatic rings. The molecular formula is C14H14OS. The van der Waals surface area contributed by atoms with E-state index in [2.05, 4.69) is 6.92 Å². The third kappa shape index (κ3) is 2.07. The fraction of sp³-hybridized carbons (Fsp3) is 0.214. The zero-order chi connectivity index (χ0) is 11.7. The molecule has 0 aliphatic heterocycles. The number of carbonyl (C=O) groups excluding carboxylic acids is 1. The lowest BCUT2D eigenvalue weighted by atomic mass is 10.0. The van der Waals surface area contributed by atoms with Crippen LogP contribution in [0.15, 0.2) is 30.3 Å². The predicted octanol–water partition coefficient (Wildman–Crippen LogP) is 3.90. The molecule has 82 valence electrons. The first kappa shape index (κ1) is 11.1. The van der Waals surface area contributed by atoms with Gasteiger partial charge in [0, 0.05) is 10.4 Å². The van der Waals surface area contributed by atoms with Gasteiger partial charge in [-0.25, -0.2) is 0 Å². The van der Waals surface area contributed by atoms with Crippen LogP contribution in [-0.2, 0) is 0 Å². The smallest absolute Gasteiger partial charge is 0.202 e. The number of rotatable bonds is 2. The molecule has 16 heavy (non-hydrogen) atoms. The van der Waals surface area contributed by atoms with Crippen LogP contribution >= 0.6 is 11.3 Å². The van der Waals surface area contributed by atoms with E-state index < -0.39 is 0 Å². The second kappa shape index (κ2) is 4.22. The summed E-state index contributed by atoms with van der Waals surface area (Å²) in [6.07, 6.45) is 0. The van der Waals surface area contributed by atoms with Crippen molar-refractivity contribution in [3.63, 3.8) is 0 Å². The monoisotopic (exact) mass is 230 g/mol. The first-order valence-corrected chi connectivity index (χ1v) is 6.08. The molecule has 0 saturated heterocycles. The molecule has 0 aliphatic rings. The van der Waals surface area contributed by atoms with Crippen LogP contribution < -0.4 is 0 Å². The molecule has 2 rings (SSSR count). The van der Waals surface area contributed by atoms with Gasteiger partial charge in [0.05, 0.1) is 4.88 Å². The summed E-state index contributed by atoms with van der Waals surface area (Å²) in [5.41, 5.74) is 3.17. The fourth-order valence-electron chi connectivity index (χ4n) is 1.58. The van der Waals surface area contributed by atoms with E-state index in [0.717, 1.165) is 10.4 Å². The maximum atomic E-state index is 12.1. The van der Waals surface area contributed by atoms with Crippen molar-refractivity contribution in [3.05, 3.63) is 56.8 Å². The van der Waals surface area contributed by atoms with Crippen molar-refractivity contribution in [2.24, 2.45) is 0 Å². The lowest BCUT2D eigenvalue weighted by molar-refractivity contribution is 0.104. The van der Waals surface area contributed by atoms with Gasteiger partial charge in [-0.05, 0) is 50.1 Å². The number of benzene rings is 1. The topological polar surface area (TPSA) is 17.1 Å². The number of hydrogen-bond acceptors (Lipinski definition) is 2. The molecule has 0 unspecified atom stereocenters. The molecular weight excluding hydrogens is 216 g/mol. The van der Waals surface area contributed by atoms with E-state index in [1.165, 1.54) is 16.0 Å². The number of ketones is 1. The first-order valence-electron chi connectivity index (χ1n) is 5.26. The highest BCUT2D eigenvalue weighted by Crippen LogP contribution is 2.20.